The lowest BCUT2D eigenvalue weighted by Crippen LogP contribution is -3.15. The lowest BCUT2D eigenvalue weighted by Gasteiger charge is -2.33. The summed E-state index contributed by atoms with van der Waals surface area (Å²) >= 11 is 0. The Bertz CT molecular complexity index is 832. The van der Waals surface area contributed by atoms with Crippen LogP contribution in [0.3, 0.4) is 0 Å². The molecule has 1 atom stereocenters. The van der Waals surface area contributed by atoms with Gasteiger partial charge in [0.15, 0.2) is 18.0 Å². The molecule has 2 heterocycles. The van der Waals surface area contributed by atoms with Crippen molar-refractivity contribution in [2.45, 2.75) is 13.0 Å². The number of hydrogen-bond acceptors (Lipinski definition) is 5. The second kappa shape index (κ2) is 7.98. The molecule has 28 heavy (non-hydrogen) atoms. The Morgan fingerprint density at radius 3 is 2.61 bits per heavy atom. The van der Waals surface area contributed by atoms with Crippen molar-refractivity contribution in [2.75, 3.05) is 44.4 Å². The lowest BCUT2D eigenvalue weighted by molar-refractivity contribution is -0.892. The molecule has 2 aliphatic rings. The van der Waals surface area contributed by atoms with E-state index in [0.717, 1.165) is 48.9 Å². The number of nitrogens with one attached hydrogen (secondary N) is 2. The second-order valence-corrected chi connectivity index (χ2v) is 7.33. The van der Waals surface area contributed by atoms with Crippen molar-refractivity contribution in [3.8, 4) is 17.2 Å². The Balaban J connectivity index is 1.26. The van der Waals surface area contributed by atoms with E-state index in [9.17, 15) is 9.90 Å². The number of phenols is 1. The summed E-state index contributed by atoms with van der Waals surface area (Å²) < 4.78 is 10.7. The van der Waals surface area contributed by atoms with E-state index >= 15 is 0 Å². The molecular weight excluding hydrogens is 358 g/mol. The van der Waals surface area contributed by atoms with Gasteiger partial charge in [-0.3, -0.25) is 4.79 Å². The highest BCUT2D eigenvalue weighted by Crippen LogP contribution is 2.34. The van der Waals surface area contributed by atoms with Crippen LogP contribution in [0.4, 0.5) is 5.69 Å². The summed E-state index contributed by atoms with van der Waals surface area (Å²) in [6, 6.07) is 13.0. The molecule has 0 bridgehead atoms. The molecule has 3 N–H and O–H groups in total. The van der Waals surface area contributed by atoms with E-state index in [4.69, 9.17) is 9.47 Å². The number of piperazine rings is 1. The number of ether oxygens (including phenoxy) is 2. The fourth-order valence-corrected chi connectivity index (χ4v) is 3.71. The molecule has 2 aliphatic heterocycles. The van der Waals surface area contributed by atoms with Gasteiger partial charge in [0.25, 0.3) is 5.91 Å². The Labute approximate surface area is 164 Å². The first kappa shape index (κ1) is 18.4. The summed E-state index contributed by atoms with van der Waals surface area (Å²) in [7, 11) is 0. The van der Waals surface area contributed by atoms with Crippen LogP contribution in [0, 0.1) is 0 Å². The number of amides is 1. The van der Waals surface area contributed by atoms with Gasteiger partial charge in [-0.15, -0.1) is 0 Å². The zero-order chi connectivity index (χ0) is 19.5. The van der Waals surface area contributed by atoms with Gasteiger partial charge >= 0.3 is 0 Å². The molecule has 148 valence electrons. The number of quaternary nitrogens is 1. The third kappa shape index (κ3) is 4.14. The Hall–Kier alpha value is -2.93. The van der Waals surface area contributed by atoms with Crippen molar-refractivity contribution in [3.05, 3.63) is 48.0 Å². The maximum Gasteiger partial charge on any atom is 0.275 e. The fraction of sp³-hybridized carbons (Fsp3) is 0.381. The van der Waals surface area contributed by atoms with Gasteiger partial charge in [-0.05, 0) is 48.9 Å². The largest absolute Gasteiger partial charge is 0.508 e. The normalized spacial score (nSPS) is 17.4. The van der Waals surface area contributed by atoms with E-state index in [1.54, 1.807) is 12.1 Å². The van der Waals surface area contributed by atoms with Gasteiger partial charge in [0.2, 0.25) is 6.79 Å². The van der Waals surface area contributed by atoms with Crippen LogP contribution >= 0.6 is 0 Å². The highest BCUT2D eigenvalue weighted by atomic mass is 16.7. The number of fused-ring (bicyclic) bond motifs is 1. The molecule has 4 rings (SSSR count). The van der Waals surface area contributed by atoms with Crippen LogP contribution in [0.15, 0.2) is 42.5 Å². The van der Waals surface area contributed by atoms with Crippen LogP contribution < -0.4 is 24.6 Å². The molecule has 0 aromatic heterocycles. The summed E-state index contributed by atoms with van der Waals surface area (Å²) in [5, 5.41) is 12.5. The van der Waals surface area contributed by atoms with E-state index in [-0.39, 0.29) is 24.5 Å². The van der Waals surface area contributed by atoms with Gasteiger partial charge in [0.05, 0.1) is 32.2 Å². The maximum absolute atomic E-state index is 12.5. The molecule has 2 aromatic rings. The Morgan fingerprint density at radius 2 is 1.86 bits per heavy atom. The fourth-order valence-electron chi connectivity index (χ4n) is 3.71. The summed E-state index contributed by atoms with van der Waals surface area (Å²) in [4.78, 5) is 16.1. The van der Waals surface area contributed by atoms with E-state index in [1.165, 1.54) is 4.90 Å². The van der Waals surface area contributed by atoms with Crippen LogP contribution in [-0.2, 0) is 4.79 Å². The molecule has 0 unspecified atom stereocenters. The number of rotatable bonds is 5. The number of hydrogen-bond donors (Lipinski definition) is 3. The third-order valence-corrected chi connectivity index (χ3v) is 5.37. The molecule has 0 aliphatic carbocycles. The predicted octanol–water partition coefficient (Wildman–Crippen LogP) is 0.703. The first-order chi connectivity index (χ1) is 13.6. The molecular formula is C21H26N3O4+. The van der Waals surface area contributed by atoms with Crippen LogP contribution in [0.2, 0.25) is 0 Å². The first-order valence-corrected chi connectivity index (χ1v) is 9.65. The number of benzene rings is 2. The van der Waals surface area contributed by atoms with Gasteiger partial charge in [0, 0.05) is 5.69 Å². The average Bonchev–Trinajstić information content (AvgIpc) is 3.17. The highest BCUT2D eigenvalue weighted by molar-refractivity contribution is 5.77. The Morgan fingerprint density at radius 1 is 1.14 bits per heavy atom. The highest BCUT2D eigenvalue weighted by Gasteiger charge is 2.23. The molecule has 7 heteroatoms. The molecule has 0 spiro atoms. The summed E-state index contributed by atoms with van der Waals surface area (Å²) in [5.74, 6) is 1.81. The third-order valence-electron chi connectivity index (χ3n) is 5.37. The van der Waals surface area contributed by atoms with E-state index < -0.39 is 0 Å². The molecule has 2 aromatic carbocycles. The summed E-state index contributed by atoms with van der Waals surface area (Å²) in [5.41, 5.74) is 2.11. The topological polar surface area (TPSA) is 75.5 Å². The van der Waals surface area contributed by atoms with Gasteiger partial charge in [-0.25, -0.2) is 0 Å². The molecule has 1 saturated heterocycles. The van der Waals surface area contributed by atoms with Gasteiger partial charge < -0.3 is 29.7 Å². The van der Waals surface area contributed by atoms with Gasteiger partial charge in [0.1, 0.15) is 5.75 Å². The molecule has 1 fully saturated rings. The monoisotopic (exact) mass is 384 g/mol. The van der Waals surface area contributed by atoms with Gasteiger partial charge in [-0.2, -0.15) is 0 Å². The number of phenolic OH excluding ortho intramolecular Hbond substituents is 1. The molecule has 0 radical (unpaired) electrons. The molecule has 1 amide bonds. The van der Waals surface area contributed by atoms with Crippen molar-refractivity contribution in [1.29, 1.82) is 0 Å². The molecule has 0 saturated carbocycles. The maximum atomic E-state index is 12.5. The number of carbonyl (C=O) groups is 1. The second-order valence-electron chi connectivity index (χ2n) is 7.33. The van der Waals surface area contributed by atoms with Crippen molar-refractivity contribution < 1.29 is 24.3 Å². The van der Waals surface area contributed by atoms with Crippen LogP contribution in [0.1, 0.15) is 18.5 Å². The molecule has 7 nitrogen and oxygen atoms in total. The van der Waals surface area contributed by atoms with Crippen molar-refractivity contribution >= 4 is 11.6 Å². The minimum atomic E-state index is -0.0836. The standard InChI is InChI=1S/C21H25N3O4/c1-15(16-2-7-19-20(12-16)28-14-27-19)22-21(26)13-23-8-10-24(11-9-23)17-3-5-18(25)6-4-17/h2-7,12,15,25H,8-11,13-14H2,1H3,(H,22,26)/p+1/t15-/m0/s1. The van der Waals surface area contributed by atoms with E-state index in [1.807, 2.05) is 37.3 Å². The summed E-state index contributed by atoms with van der Waals surface area (Å²) in [6.07, 6.45) is 0. The zero-order valence-corrected chi connectivity index (χ0v) is 16.0. The van der Waals surface area contributed by atoms with E-state index in [0.29, 0.717) is 6.54 Å². The van der Waals surface area contributed by atoms with Crippen molar-refractivity contribution in [3.63, 3.8) is 0 Å². The smallest absolute Gasteiger partial charge is 0.275 e. The minimum Gasteiger partial charge on any atom is -0.508 e. The number of carbonyl (C=O) groups excluding carboxylic acids is 1. The van der Waals surface area contributed by atoms with Crippen molar-refractivity contribution in [2.24, 2.45) is 0 Å². The van der Waals surface area contributed by atoms with Gasteiger partial charge in [-0.1, -0.05) is 6.07 Å². The lowest BCUT2D eigenvalue weighted by atomic mass is 10.1. The SMILES string of the molecule is C[C@H](NC(=O)C[NH+]1CCN(c2ccc(O)cc2)CC1)c1ccc2c(c1)OCO2. The Kier molecular flexibility index (Phi) is 5.25. The van der Waals surface area contributed by atoms with Crippen LogP contribution in [-0.4, -0.2) is 50.5 Å². The predicted molar refractivity (Wildman–Crippen MR) is 105 cm³/mol. The summed E-state index contributed by atoms with van der Waals surface area (Å²) in [6.45, 7) is 6.31. The van der Waals surface area contributed by atoms with Crippen LogP contribution in [0.25, 0.3) is 0 Å². The number of anilines is 1. The zero-order valence-electron chi connectivity index (χ0n) is 16.0. The quantitative estimate of drug-likeness (QED) is 0.708. The van der Waals surface area contributed by atoms with E-state index in [2.05, 4.69) is 10.2 Å². The minimum absolute atomic E-state index is 0.0539. The number of aromatic hydroxyl groups is 1. The number of nitrogens with zero attached hydrogens (tertiary/aromatic N) is 1. The van der Waals surface area contributed by atoms with Crippen LogP contribution in [0.5, 0.6) is 17.2 Å². The average molecular weight is 384 g/mol. The van der Waals surface area contributed by atoms with Crippen molar-refractivity contribution in [1.82, 2.24) is 5.32 Å². The first-order valence-electron chi connectivity index (χ1n) is 9.65.